The Balaban J connectivity index is 2.26. The predicted octanol–water partition coefficient (Wildman–Crippen LogP) is 2.93. The average Bonchev–Trinajstić information content (AvgIpc) is 2.53. The van der Waals surface area contributed by atoms with Crippen molar-refractivity contribution in [2.45, 2.75) is 19.0 Å². The molecule has 3 amide bonds. The quantitative estimate of drug-likeness (QED) is 0.787. The molecular weight excluding hydrogens is 314 g/mol. The third-order valence-corrected chi connectivity index (χ3v) is 3.77. The minimum Gasteiger partial charge on any atom is -0.351 e. The number of nitrogens with one attached hydrogen (secondary N) is 2. The van der Waals surface area contributed by atoms with Gasteiger partial charge in [-0.2, -0.15) is 0 Å². The maximum atomic E-state index is 12.3. The molecule has 0 unspecified atom stereocenters. The summed E-state index contributed by atoms with van der Waals surface area (Å²) in [5.41, 5.74) is 6.65. The first-order chi connectivity index (χ1) is 11.0. The molecule has 5 nitrogen and oxygen atoms in total. The van der Waals surface area contributed by atoms with Gasteiger partial charge < -0.3 is 5.73 Å². The van der Waals surface area contributed by atoms with Crippen LogP contribution in [0.2, 0.25) is 5.02 Å². The summed E-state index contributed by atoms with van der Waals surface area (Å²) in [6.07, 6.45) is 0. The lowest BCUT2D eigenvalue weighted by Gasteiger charge is -2.23. The van der Waals surface area contributed by atoms with E-state index in [0.29, 0.717) is 5.02 Å². The molecule has 0 bridgehead atoms. The summed E-state index contributed by atoms with van der Waals surface area (Å²) in [6, 6.07) is 14.7. The van der Waals surface area contributed by atoms with Crippen LogP contribution in [-0.2, 0) is 4.79 Å². The van der Waals surface area contributed by atoms with Crippen molar-refractivity contribution in [2.24, 2.45) is 5.73 Å². The molecule has 0 aliphatic carbocycles. The summed E-state index contributed by atoms with van der Waals surface area (Å²) in [6.45, 7) is 1.90. The largest absolute Gasteiger partial charge is 0.351 e. The van der Waals surface area contributed by atoms with Crippen LogP contribution in [0.4, 0.5) is 4.79 Å². The molecule has 0 radical (unpaired) electrons. The first-order valence-corrected chi connectivity index (χ1v) is 7.52. The molecule has 23 heavy (non-hydrogen) atoms. The fourth-order valence-corrected chi connectivity index (χ4v) is 2.63. The van der Waals surface area contributed by atoms with E-state index in [1.807, 2.05) is 43.3 Å². The number of carbonyl (C=O) groups is 2. The molecule has 0 heterocycles. The fraction of sp³-hybridized carbons (Fsp3) is 0.176. The van der Waals surface area contributed by atoms with Gasteiger partial charge >= 0.3 is 6.03 Å². The molecule has 0 aliphatic heterocycles. The topological polar surface area (TPSA) is 84.2 Å². The van der Waals surface area contributed by atoms with E-state index in [-0.39, 0.29) is 6.04 Å². The number of amides is 3. The average molecular weight is 332 g/mol. The van der Waals surface area contributed by atoms with E-state index in [2.05, 4.69) is 10.6 Å². The third kappa shape index (κ3) is 4.55. The maximum Gasteiger partial charge on any atom is 0.318 e. The number of halogens is 1. The molecule has 2 atom stereocenters. The zero-order valence-electron chi connectivity index (χ0n) is 12.6. The molecule has 4 N–H and O–H groups in total. The van der Waals surface area contributed by atoms with Crippen molar-refractivity contribution in [3.05, 3.63) is 70.7 Å². The Hall–Kier alpha value is -2.37. The molecule has 0 aliphatic rings. The lowest BCUT2D eigenvalue weighted by molar-refractivity contribution is -0.122. The Morgan fingerprint density at radius 2 is 1.65 bits per heavy atom. The molecule has 0 fully saturated rings. The third-order valence-electron chi connectivity index (χ3n) is 3.43. The van der Waals surface area contributed by atoms with E-state index >= 15 is 0 Å². The van der Waals surface area contributed by atoms with E-state index in [1.54, 1.807) is 18.2 Å². The van der Waals surface area contributed by atoms with Gasteiger partial charge in [0.2, 0.25) is 5.91 Å². The number of hydrogen-bond acceptors (Lipinski definition) is 3. The van der Waals surface area contributed by atoms with Crippen LogP contribution in [0.1, 0.15) is 30.1 Å². The van der Waals surface area contributed by atoms with Gasteiger partial charge in [-0.1, -0.05) is 60.1 Å². The van der Waals surface area contributed by atoms with Crippen LogP contribution >= 0.6 is 11.6 Å². The van der Waals surface area contributed by atoms with Crippen molar-refractivity contribution in [3.63, 3.8) is 0 Å². The first-order valence-electron chi connectivity index (χ1n) is 7.14. The highest BCUT2D eigenvalue weighted by atomic mass is 35.5. The van der Waals surface area contributed by atoms with E-state index in [1.165, 1.54) is 0 Å². The van der Waals surface area contributed by atoms with E-state index in [4.69, 9.17) is 17.3 Å². The minimum atomic E-state index is -0.886. The molecular formula is C17H18ClN3O2. The summed E-state index contributed by atoms with van der Waals surface area (Å²) in [7, 11) is 0. The molecule has 0 saturated heterocycles. The molecule has 6 heteroatoms. The number of benzene rings is 2. The van der Waals surface area contributed by atoms with Gasteiger partial charge in [0.15, 0.2) is 0 Å². The standard InChI is InChI=1S/C17H18ClN3O2/c1-11(13-9-5-6-10-14(13)18)20-15(16(22)21-17(19)23)12-7-3-2-4-8-12/h2-11,15,20H,1H3,(H3,19,21,22,23)/t11-,15+/m0/s1. The molecule has 2 rings (SSSR count). The zero-order chi connectivity index (χ0) is 16.8. The van der Waals surface area contributed by atoms with Crippen LogP contribution in [0.5, 0.6) is 0 Å². The van der Waals surface area contributed by atoms with E-state index in [0.717, 1.165) is 11.1 Å². The van der Waals surface area contributed by atoms with Crippen molar-refractivity contribution in [1.29, 1.82) is 0 Å². The second-order valence-electron chi connectivity index (χ2n) is 5.11. The highest BCUT2D eigenvalue weighted by molar-refractivity contribution is 6.31. The number of rotatable bonds is 5. The zero-order valence-corrected chi connectivity index (χ0v) is 13.4. The molecule has 0 saturated carbocycles. The second-order valence-corrected chi connectivity index (χ2v) is 5.51. The van der Waals surface area contributed by atoms with Gasteiger partial charge in [0, 0.05) is 11.1 Å². The molecule has 2 aromatic rings. The second kappa shape index (κ2) is 7.76. The Bertz CT molecular complexity index is 691. The number of urea groups is 1. The number of hydrogen-bond donors (Lipinski definition) is 3. The summed E-state index contributed by atoms with van der Waals surface area (Å²) in [5.74, 6) is -0.511. The summed E-state index contributed by atoms with van der Waals surface area (Å²) in [4.78, 5) is 23.3. The number of primary amides is 1. The Morgan fingerprint density at radius 3 is 2.26 bits per heavy atom. The lowest BCUT2D eigenvalue weighted by Crippen LogP contribution is -2.43. The SMILES string of the molecule is C[C@H](N[C@@H](C(=O)NC(N)=O)c1ccccc1)c1ccccc1Cl. The van der Waals surface area contributed by atoms with Crippen LogP contribution in [0, 0.1) is 0 Å². The molecule has 0 aromatic heterocycles. The summed E-state index contributed by atoms with van der Waals surface area (Å²) < 4.78 is 0. The van der Waals surface area contributed by atoms with Crippen molar-refractivity contribution in [3.8, 4) is 0 Å². The van der Waals surface area contributed by atoms with Crippen molar-refractivity contribution >= 4 is 23.5 Å². The number of nitrogens with two attached hydrogens (primary N) is 1. The van der Waals surface area contributed by atoms with Gasteiger partial charge in [-0.15, -0.1) is 0 Å². The van der Waals surface area contributed by atoms with Crippen LogP contribution < -0.4 is 16.4 Å². The van der Waals surface area contributed by atoms with Gasteiger partial charge in [-0.05, 0) is 24.1 Å². The van der Waals surface area contributed by atoms with Crippen molar-refractivity contribution in [1.82, 2.24) is 10.6 Å². The Labute approximate surface area is 139 Å². The monoisotopic (exact) mass is 331 g/mol. The smallest absolute Gasteiger partial charge is 0.318 e. The van der Waals surface area contributed by atoms with E-state index in [9.17, 15) is 9.59 Å². The van der Waals surface area contributed by atoms with Gasteiger partial charge in [0.25, 0.3) is 0 Å². The highest BCUT2D eigenvalue weighted by Gasteiger charge is 2.24. The van der Waals surface area contributed by atoms with Gasteiger partial charge in [0.05, 0.1) is 0 Å². The summed E-state index contributed by atoms with van der Waals surface area (Å²) in [5, 5.41) is 5.91. The van der Waals surface area contributed by atoms with Gasteiger partial charge in [-0.25, -0.2) is 4.79 Å². The van der Waals surface area contributed by atoms with Crippen LogP contribution in [0.15, 0.2) is 54.6 Å². The number of imide groups is 1. The Kier molecular flexibility index (Phi) is 5.73. The Morgan fingerprint density at radius 1 is 1.04 bits per heavy atom. The van der Waals surface area contributed by atoms with Gasteiger partial charge in [0.1, 0.15) is 6.04 Å². The fourth-order valence-electron chi connectivity index (χ4n) is 2.33. The predicted molar refractivity (Wildman–Crippen MR) is 89.9 cm³/mol. The normalized spacial score (nSPS) is 13.1. The van der Waals surface area contributed by atoms with Crippen molar-refractivity contribution in [2.75, 3.05) is 0 Å². The summed E-state index contributed by atoms with van der Waals surface area (Å²) >= 11 is 6.20. The maximum absolute atomic E-state index is 12.3. The van der Waals surface area contributed by atoms with Crippen LogP contribution in [0.25, 0.3) is 0 Å². The lowest BCUT2D eigenvalue weighted by atomic mass is 10.0. The van der Waals surface area contributed by atoms with E-state index < -0.39 is 18.0 Å². The van der Waals surface area contributed by atoms with Gasteiger partial charge in [-0.3, -0.25) is 15.4 Å². The minimum absolute atomic E-state index is 0.201. The number of carbonyl (C=O) groups excluding carboxylic acids is 2. The molecule has 0 spiro atoms. The van der Waals surface area contributed by atoms with Crippen molar-refractivity contribution < 1.29 is 9.59 Å². The molecule has 2 aromatic carbocycles. The van der Waals surface area contributed by atoms with Crippen LogP contribution in [-0.4, -0.2) is 11.9 Å². The highest BCUT2D eigenvalue weighted by Crippen LogP contribution is 2.25. The molecule has 120 valence electrons. The van der Waals surface area contributed by atoms with Crippen LogP contribution in [0.3, 0.4) is 0 Å². The first kappa shape index (κ1) is 17.0.